The smallest absolute Gasteiger partial charge is 0.249 e. The van der Waals surface area contributed by atoms with E-state index in [1.807, 2.05) is 0 Å². The zero-order chi connectivity index (χ0) is 43.1. The summed E-state index contributed by atoms with van der Waals surface area (Å²) < 4.78 is 0. The summed E-state index contributed by atoms with van der Waals surface area (Å²) in [5, 5.41) is 43.8. The van der Waals surface area contributed by atoms with Crippen LogP contribution in [0.25, 0.3) is 0 Å². The van der Waals surface area contributed by atoms with E-state index in [-0.39, 0.29) is 0 Å². The Morgan fingerprint density at radius 3 is 1.10 bits per heavy atom. The van der Waals surface area contributed by atoms with Gasteiger partial charge in [-0.15, -0.1) is 0 Å². The fraction of sp³-hybridized carbons (Fsp3) is 0.830. The molecule has 59 heavy (non-hydrogen) atoms. The molecule has 4 unspecified atom stereocenters. The van der Waals surface area contributed by atoms with Crippen molar-refractivity contribution >= 4 is 5.91 Å². The number of carbonyl (C=O) groups is 1. The molecule has 5 N–H and O–H groups in total. The van der Waals surface area contributed by atoms with Crippen LogP contribution in [0.5, 0.6) is 0 Å². The lowest BCUT2D eigenvalue weighted by atomic mass is 10.00. The van der Waals surface area contributed by atoms with E-state index in [0.717, 1.165) is 51.4 Å². The molecule has 6 heteroatoms. The normalized spacial score (nSPS) is 14.3. The Balaban J connectivity index is 3.70. The van der Waals surface area contributed by atoms with Crippen molar-refractivity contribution in [2.45, 2.75) is 276 Å². The molecule has 6 nitrogen and oxygen atoms in total. The number of aliphatic hydroxyl groups is 4. The summed E-state index contributed by atoms with van der Waals surface area (Å²) in [6, 6.07) is -1.01. The highest BCUT2D eigenvalue weighted by Gasteiger charge is 2.28. The second kappa shape index (κ2) is 47.3. The number of hydrogen-bond acceptors (Lipinski definition) is 5. The predicted molar refractivity (Wildman–Crippen MR) is 256 cm³/mol. The van der Waals surface area contributed by atoms with Crippen molar-refractivity contribution in [2.24, 2.45) is 0 Å². The first-order chi connectivity index (χ1) is 29.0. The van der Waals surface area contributed by atoms with Crippen LogP contribution < -0.4 is 5.32 Å². The monoisotopic (exact) mass is 830 g/mol. The Morgan fingerprint density at radius 2 is 0.712 bits per heavy atom. The first kappa shape index (κ1) is 57.3. The van der Waals surface area contributed by atoms with Gasteiger partial charge in [0.1, 0.15) is 12.2 Å². The SMILES string of the molecule is CCCCC/C=C/CC/C=C/CC/C=C/CCCC(O)C(O)C(CO)NC(=O)C(O)CCCCCCCCCCCCC/C=C\CCCCCCCCCCCCCC. The number of carbonyl (C=O) groups excluding carboxylic acids is 1. The van der Waals surface area contributed by atoms with Crippen LogP contribution in [0.15, 0.2) is 48.6 Å². The molecule has 0 fully saturated rings. The van der Waals surface area contributed by atoms with Crippen molar-refractivity contribution in [1.82, 2.24) is 5.32 Å². The number of unbranched alkanes of at least 4 members (excludes halogenated alkanes) is 29. The molecule has 0 aliphatic carbocycles. The minimum atomic E-state index is -1.29. The van der Waals surface area contributed by atoms with Crippen LogP contribution in [0.3, 0.4) is 0 Å². The molecule has 346 valence electrons. The van der Waals surface area contributed by atoms with Crippen molar-refractivity contribution in [1.29, 1.82) is 0 Å². The van der Waals surface area contributed by atoms with Crippen molar-refractivity contribution < 1.29 is 25.2 Å². The largest absolute Gasteiger partial charge is 0.394 e. The predicted octanol–water partition coefficient (Wildman–Crippen LogP) is 14.2. The molecule has 0 bridgehead atoms. The summed E-state index contributed by atoms with van der Waals surface area (Å²) in [6.07, 6.45) is 58.8. The lowest BCUT2D eigenvalue weighted by Crippen LogP contribution is -2.53. The lowest BCUT2D eigenvalue weighted by Gasteiger charge is -2.27. The maximum Gasteiger partial charge on any atom is 0.249 e. The lowest BCUT2D eigenvalue weighted by molar-refractivity contribution is -0.132. The van der Waals surface area contributed by atoms with Crippen LogP contribution in [0.1, 0.15) is 251 Å². The van der Waals surface area contributed by atoms with E-state index in [1.54, 1.807) is 0 Å². The molecule has 0 aliphatic heterocycles. The van der Waals surface area contributed by atoms with Gasteiger partial charge in [-0.05, 0) is 89.9 Å². The minimum Gasteiger partial charge on any atom is -0.394 e. The molecule has 0 aromatic carbocycles. The fourth-order valence-corrected chi connectivity index (χ4v) is 7.67. The van der Waals surface area contributed by atoms with Crippen LogP contribution in [-0.4, -0.2) is 57.3 Å². The van der Waals surface area contributed by atoms with E-state index in [0.29, 0.717) is 19.3 Å². The fourth-order valence-electron chi connectivity index (χ4n) is 7.67. The van der Waals surface area contributed by atoms with Crippen LogP contribution in [-0.2, 0) is 4.79 Å². The molecule has 1 amide bonds. The summed E-state index contributed by atoms with van der Waals surface area (Å²) in [4.78, 5) is 12.6. The van der Waals surface area contributed by atoms with Crippen LogP contribution in [0.4, 0.5) is 0 Å². The summed E-state index contributed by atoms with van der Waals surface area (Å²) in [5.74, 6) is -0.600. The molecule has 0 aliphatic rings. The van der Waals surface area contributed by atoms with Crippen molar-refractivity contribution in [3.8, 4) is 0 Å². The van der Waals surface area contributed by atoms with E-state index in [2.05, 4.69) is 67.8 Å². The number of nitrogens with one attached hydrogen (secondary N) is 1. The van der Waals surface area contributed by atoms with Gasteiger partial charge in [0, 0.05) is 0 Å². The van der Waals surface area contributed by atoms with Crippen molar-refractivity contribution in [3.05, 3.63) is 48.6 Å². The van der Waals surface area contributed by atoms with E-state index in [1.165, 1.54) is 167 Å². The van der Waals surface area contributed by atoms with Crippen LogP contribution in [0.2, 0.25) is 0 Å². The zero-order valence-corrected chi connectivity index (χ0v) is 39.0. The van der Waals surface area contributed by atoms with Gasteiger partial charge in [0.15, 0.2) is 0 Å². The summed E-state index contributed by atoms with van der Waals surface area (Å²) in [5.41, 5.74) is 0. The van der Waals surface area contributed by atoms with Gasteiger partial charge in [0.25, 0.3) is 0 Å². The average molecular weight is 830 g/mol. The molecule has 0 saturated carbocycles. The summed E-state index contributed by atoms with van der Waals surface area (Å²) >= 11 is 0. The minimum absolute atomic E-state index is 0.357. The molecule has 0 heterocycles. The number of rotatable bonds is 46. The van der Waals surface area contributed by atoms with Crippen LogP contribution >= 0.6 is 0 Å². The summed E-state index contributed by atoms with van der Waals surface area (Å²) in [6.45, 7) is 4.02. The van der Waals surface area contributed by atoms with E-state index in [9.17, 15) is 25.2 Å². The number of aliphatic hydroxyl groups excluding tert-OH is 4. The van der Waals surface area contributed by atoms with E-state index < -0.39 is 36.9 Å². The standard InChI is InChI=1S/C53H99NO5/c1-3-5-7-9-11-13-15-17-19-21-22-23-24-25-26-27-28-29-30-31-33-35-37-39-41-43-45-47-51(57)53(59)54-49(48-55)52(58)50(56)46-44-42-40-38-36-34-32-20-18-16-14-12-10-8-6-4-2/h12,14,20,25-26,32,38,40,49-52,55-58H,3-11,13,15-19,21-24,27-31,33-37,39,41-48H2,1-2H3,(H,54,59)/b14-12+,26-25-,32-20+,40-38+. The van der Waals surface area contributed by atoms with E-state index in [4.69, 9.17) is 0 Å². The molecule has 0 saturated heterocycles. The first-order valence-corrected chi connectivity index (χ1v) is 25.5. The Hall–Kier alpha value is -1.73. The van der Waals surface area contributed by atoms with Crippen molar-refractivity contribution in [2.75, 3.05) is 6.61 Å². The Morgan fingerprint density at radius 1 is 0.407 bits per heavy atom. The molecule has 0 spiro atoms. The second-order valence-corrected chi connectivity index (χ2v) is 17.5. The number of amides is 1. The van der Waals surface area contributed by atoms with E-state index >= 15 is 0 Å². The quantitative estimate of drug-likeness (QED) is 0.0310. The first-order valence-electron chi connectivity index (χ1n) is 25.5. The van der Waals surface area contributed by atoms with Gasteiger partial charge in [-0.1, -0.05) is 210 Å². The topological polar surface area (TPSA) is 110 Å². The highest BCUT2D eigenvalue weighted by molar-refractivity contribution is 5.80. The van der Waals surface area contributed by atoms with Gasteiger partial charge in [-0.2, -0.15) is 0 Å². The molecule has 4 atom stereocenters. The molecule has 0 radical (unpaired) electrons. The van der Waals surface area contributed by atoms with Gasteiger partial charge in [-0.3, -0.25) is 4.79 Å². The van der Waals surface area contributed by atoms with Crippen LogP contribution in [0, 0.1) is 0 Å². The molecular weight excluding hydrogens is 731 g/mol. The maximum absolute atomic E-state index is 12.6. The third kappa shape index (κ3) is 41.4. The van der Waals surface area contributed by atoms with Crippen molar-refractivity contribution in [3.63, 3.8) is 0 Å². The molecule has 0 aromatic heterocycles. The average Bonchev–Trinajstić information content (AvgIpc) is 3.24. The summed E-state index contributed by atoms with van der Waals surface area (Å²) in [7, 11) is 0. The molecule has 0 aromatic rings. The second-order valence-electron chi connectivity index (χ2n) is 17.5. The number of allylic oxidation sites excluding steroid dienone is 8. The van der Waals surface area contributed by atoms with Gasteiger partial charge in [0.2, 0.25) is 5.91 Å². The Bertz CT molecular complexity index is 977. The van der Waals surface area contributed by atoms with Gasteiger partial charge in [0.05, 0.1) is 18.8 Å². The Kier molecular flexibility index (Phi) is 45.9. The third-order valence-corrected chi connectivity index (χ3v) is 11.7. The van der Waals surface area contributed by atoms with Gasteiger partial charge in [-0.25, -0.2) is 0 Å². The van der Waals surface area contributed by atoms with Gasteiger partial charge < -0.3 is 25.7 Å². The Labute approximate surface area is 366 Å². The zero-order valence-electron chi connectivity index (χ0n) is 39.0. The van der Waals surface area contributed by atoms with Gasteiger partial charge >= 0.3 is 0 Å². The molecular formula is C53H99NO5. The maximum atomic E-state index is 12.6. The molecule has 0 rings (SSSR count). The highest BCUT2D eigenvalue weighted by atomic mass is 16.3. The number of hydrogen-bond donors (Lipinski definition) is 5. The third-order valence-electron chi connectivity index (χ3n) is 11.7. The highest BCUT2D eigenvalue weighted by Crippen LogP contribution is 2.16.